The maximum atomic E-state index is 10.3. The molecule has 0 saturated heterocycles. The van der Waals surface area contributed by atoms with Crippen LogP contribution in [0.4, 0.5) is 0 Å². The van der Waals surface area contributed by atoms with E-state index in [1.165, 1.54) is 18.6 Å². The van der Waals surface area contributed by atoms with Crippen molar-refractivity contribution < 1.29 is 4.87 Å². The molecule has 1 N–H and O–H groups in total. The van der Waals surface area contributed by atoms with Crippen LogP contribution >= 0.6 is 0 Å². The van der Waals surface area contributed by atoms with E-state index in [9.17, 15) is 4.91 Å². The first-order valence-electron chi connectivity index (χ1n) is 2.27. The summed E-state index contributed by atoms with van der Waals surface area (Å²) in [6, 6.07) is 0. The van der Waals surface area contributed by atoms with Gasteiger partial charge in [-0.2, -0.15) is 0 Å². The van der Waals surface area contributed by atoms with Gasteiger partial charge in [-0.15, -0.1) is 5.43 Å². The van der Waals surface area contributed by atoms with Gasteiger partial charge in [0.25, 0.3) is 6.54 Å². The molecule has 0 fully saturated rings. The van der Waals surface area contributed by atoms with Gasteiger partial charge < -0.3 is 0 Å². The Hall–Kier alpha value is -1.19. The van der Waals surface area contributed by atoms with Crippen molar-refractivity contribution in [3.05, 3.63) is 17.3 Å². The fraction of sp³-hybridized carbons (Fsp3) is 0.250. The highest BCUT2D eigenvalue weighted by atomic mass is 16.3. The monoisotopic (exact) mass is 112 g/mol. The van der Waals surface area contributed by atoms with E-state index < -0.39 is 0 Å². The van der Waals surface area contributed by atoms with Crippen molar-refractivity contribution in [2.24, 2.45) is 4.99 Å². The van der Waals surface area contributed by atoms with Crippen molar-refractivity contribution in [1.29, 1.82) is 0 Å². The number of nitrogens with one attached hydrogen (secondary N) is 1. The minimum absolute atomic E-state index is 0.299. The molecule has 0 unspecified atom stereocenters. The first-order valence-corrected chi connectivity index (χ1v) is 2.27. The average Bonchev–Trinajstić information content (AvgIpc) is 1.94. The Bertz CT molecular complexity index is 133. The number of hydrogen-bond acceptors (Lipinski definition) is 2. The molecule has 1 rings (SSSR count). The van der Waals surface area contributed by atoms with Crippen molar-refractivity contribution in [2.75, 3.05) is 6.54 Å². The van der Waals surface area contributed by atoms with E-state index in [1.54, 1.807) is 0 Å². The van der Waals surface area contributed by atoms with Crippen LogP contribution in [0.15, 0.2) is 17.4 Å². The zero-order valence-corrected chi connectivity index (χ0v) is 4.24. The lowest BCUT2D eigenvalue weighted by Crippen LogP contribution is -2.21. The fourth-order valence-corrected chi connectivity index (χ4v) is 0.394. The van der Waals surface area contributed by atoms with E-state index in [0.29, 0.717) is 11.4 Å². The quantitative estimate of drug-likeness (QED) is 0.442. The molecular formula is C4H6N3O+. The number of hydrazine groups is 1. The van der Waals surface area contributed by atoms with Crippen LogP contribution < -0.4 is 5.43 Å². The predicted octanol–water partition coefficient (Wildman–Crippen LogP) is -0.175. The van der Waals surface area contributed by atoms with Gasteiger partial charge in [0, 0.05) is 6.20 Å². The Morgan fingerprint density at radius 3 is 3.50 bits per heavy atom. The first kappa shape index (κ1) is 4.96. The second kappa shape index (κ2) is 2.20. The molecule has 0 saturated carbocycles. The van der Waals surface area contributed by atoms with E-state index in [-0.39, 0.29) is 0 Å². The van der Waals surface area contributed by atoms with Crippen molar-refractivity contribution in [2.45, 2.75) is 0 Å². The van der Waals surface area contributed by atoms with Crippen molar-refractivity contribution in [1.82, 2.24) is 5.43 Å². The minimum atomic E-state index is 0.299. The van der Waals surface area contributed by atoms with Crippen molar-refractivity contribution in [3.63, 3.8) is 0 Å². The van der Waals surface area contributed by atoms with Crippen LogP contribution in [0.25, 0.3) is 0 Å². The molecule has 1 aliphatic rings. The van der Waals surface area contributed by atoms with Crippen LogP contribution in [0.2, 0.25) is 0 Å². The van der Waals surface area contributed by atoms with Gasteiger partial charge in [0.05, 0.1) is 17.3 Å². The molecule has 0 amide bonds. The number of nitrogens with zero attached hydrogens (tertiary/aromatic N) is 2. The summed E-state index contributed by atoms with van der Waals surface area (Å²) >= 11 is 0. The molecule has 0 spiro atoms. The molecule has 0 aromatic rings. The fourth-order valence-electron chi connectivity index (χ4n) is 0.394. The van der Waals surface area contributed by atoms with Gasteiger partial charge in [0.1, 0.15) is 4.87 Å². The van der Waals surface area contributed by atoms with Crippen LogP contribution in [0.5, 0.6) is 0 Å². The highest BCUT2D eigenvalue weighted by molar-refractivity contribution is 5.59. The summed E-state index contributed by atoms with van der Waals surface area (Å²) in [6.07, 6.45) is 4.54. The third-order valence-corrected chi connectivity index (χ3v) is 0.732. The van der Waals surface area contributed by atoms with Crippen LogP contribution in [0, 0.1) is 4.91 Å². The largest absolute Gasteiger partial charge is 0.260 e. The molecule has 1 aliphatic heterocycles. The first-order chi connectivity index (χ1) is 3.89. The van der Waals surface area contributed by atoms with Crippen LogP contribution in [0.1, 0.15) is 0 Å². The summed E-state index contributed by atoms with van der Waals surface area (Å²) < 4.78 is 0. The summed E-state index contributed by atoms with van der Waals surface area (Å²) in [5.74, 6) is 0. The number of aliphatic imine (C=N–C) groups is 1. The summed E-state index contributed by atoms with van der Waals surface area (Å²) in [7, 11) is 0. The predicted molar refractivity (Wildman–Crippen MR) is 29.3 cm³/mol. The molecular weight excluding hydrogens is 106 g/mol. The standard InChI is InChI=1S/C4H6N3O/c8-7-4-3-5-1-2-6-7/h1-3H,4H2,(H,6,8)/q+1. The molecule has 4 heteroatoms. The minimum Gasteiger partial charge on any atom is -0.260 e. The molecule has 0 atom stereocenters. The molecule has 0 bridgehead atoms. The van der Waals surface area contributed by atoms with Gasteiger partial charge in [-0.05, 0) is 0 Å². The van der Waals surface area contributed by atoms with Gasteiger partial charge in [-0.25, -0.2) is 0 Å². The Morgan fingerprint density at radius 2 is 2.62 bits per heavy atom. The highest BCUT2D eigenvalue weighted by Gasteiger charge is 2.01. The number of rotatable bonds is 0. The van der Waals surface area contributed by atoms with Crippen molar-refractivity contribution in [3.8, 4) is 0 Å². The molecule has 42 valence electrons. The highest BCUT2D eigenvalue weighted by Crippen LogP contribution is 1.75. The van der Waals surface area contributed by atoms with Gasteiger partial charge >= 0.3 is 0 Å². The zero-order chi connectivity index (χ0) is 5.82. The third kappa shape index (κ3) is 1.14. The van der Waals surface area contributed by atoms with Gasteiger partial charge in [0.15, 0.2) is 0 Å². The molecule has 4 nitrogen and oxygen atoms in total. The lowest BCUT2D eigenvalue weighted by molar-refractivity contribution is -0.582. The molecule has 0 aliphatic carbocycles. The Morgan fingerprint density at radius 1 is 1.75 bits per heavy atom. The van der Waals surface area contributed by atoms with E-state index >= 15 is 0 Å². The summed E-state index contributed by atoms with van der Waals surface area (Å²) in [4.78, 5) is 14.7. The molecule has 8 heavy (non-hydrogen) atoms. The topological polar surface area (TPSA) is 44.5 Å². The normalized spacial score (nSPS) is 17.8. The molecule has 1 heterocycles. The van der Waals surface area contributed by atoms with Gasteiger partial charge in [-0.1, -0.05) is 0 Å². The Labute approximate surface area is 46.5 Å². The second-order valence-electron chi connectivity index (χ2n) is 1.34. The number of hydrogen-bond donors (Lipinski definition) is 1. The van der Waals surface area contributed by atoms with E-state index in [2.05, 4.69) is 10.4 Å². The Kier molecular flexibility index (Phi) is 1.37. The summed E-state index contributed by atoms with van der Waals surface area (Å²) in [5, 5.41) is 0. The zero-order valence-electron chi connectivity index (χ0n) is 4.24. The van der Waals surface area contributed by atoms with Gasteiger partial charge in [-0.3, -0.25) is 4.99 Å². The summed E-state index contributed by atoms with van der Waals surface area (Å²) in [6.45, 7) is 0.299. The van der Waals surface area contributed by atoms with E-state index in [1.807, 2.05) is 0 Å². The SMILES string of the molecule is O=[N+]1CC=NC=CN1. The molecule has 0 radical (unpaired) electrons. The van der Waals surface area contributed by atoms with E-state index in [4.69, 9.17) is 0 Å². The number of nitroso groups, excluding NO2 is 1. The van der Waals surface area contributed by atoms with Crippen LogP contribution in [0.3, 0.4) is 0 Å². The lowest BCUT2D eigenvalue weighted by Gasteiger charge is -1.78. The van der Waals surface area contributed by atoms with Crippen LogP contribution in [-0.2, 0) is 0 Å². The third-order valence-electron chi connectivity index (χ3n) is 0.732. The second-order valence-corrected chi connectivity index (χ2v) is 1.34. The Balaban J connectivity index is 2.58. The molecule has 0 aromatic heterocycles. The smallest absolute Gasteiger partial charge is 0.260 e. The van der Waals surface area contributed by atoms with Crippen molar-refractivity contribution >= 4 is 6.21 Å². The summed E-state index contributed by atoms with van der Waals surface area (Å²) in [5.41, 5.74) is 2.42. The molecule has 0 aromatic carbocycles. The van der Waals surface area contributed by atoms with E-state index in [0.717, 1.165) is 0 Å². The lowest BCUT2D eigenvalue weighted by atomic mass is 10.7. The van der Waals surface area contributed by atoms with Crippen LogP contribution in [-0.4, -0.2) is 17.6 Å². The maximum absolute atomic E-state index is 10.3. The maximum Gasteiger partial charge on any atom is 0.260 e. The van der Waals surface area contributed by atoms with Gasteiger partial charge in [0.2, 0.25) is 0 Å². The average molecular weight is 112 g/mol.